The van der Waals surface area contributed by atoms with Gasteiger partial charge in [0, 0.05) is 6.42 Å². The minimum Gasteiger partial charge on any atom is -0.496 e. The number of para-hydroxylation sites is 1. The highest BCUT2D eigenvalue weighted by atomic mass is 16.5. The Morgan fingerprint density at radius 1 is 1.17 bits per heavy atom. The molecule has 0 saturated carbocycles. The molecule has 2 aromatic rings. The highest BCUT2D eigenvalue weighted by Gasteiger charge is 2.33. The lowest BCUT2D eigenvalue weighted by Crippen LogP contribution is -2.34. The summed E-state index contributed by atoms with van der Waals surface area (Å²) in [5.74, 6) is 0.949. The number of nitrogens with zero attached hydrogens (tertiary/aromatic N) is 1. The van der Waals surface area contributed by atoms with Crippen LogP contribution in [0.15, 0.2) is 54.6 Å². The molecule has 1 heterocycles. The number of carbonyl (C=O) groups is 1. The molecule has 1 aliphatic rings. The maximum Gasteiger partial charge on any atom is 0.225 e. The molecule has 1 aliphatic heterocycles. The third-order valence-electron chi connectivity index (χ3n) is 4.46. The van der Waals surface area contributed by atoms with Crippen molar-refractivity contribution in [3.05, 3.63) is 65.7 Å². The molecule has 1 saturated heterocycles. The number of aryl methyl sites for hydroxylation is 1. The molecule has 1 fully saturated rings. The highest BCUT2D eigenvalue weighted by molar-refractivity contribution is 5.77. The van der Waals surface area contributed by atoms with E-state index in [1.54, 1.807) is 7.11 Å². The lowest BCUT2D eigenvalue weighted by atomic mass is 10.1. The molecule has 4 nitrogen and oxygen atoms in total. The van der Waals surface area contributed by atoms with Gasteiger partial charge in [0.15, 0.2) is 0 Å². The predicted octanol–water partition coefficient (Wildman–Crippen LogP) is 3.57. The number of ether oxygens (including phenoxy) is 2. The first-order valence-electron chi connectivity index (χ1n) is 8.31. The molecule has 2 atom stereocenters. The second kappa shape index (κ2) is 7.49. The van der Waals surface area contributed by atoms with E-state index in [1.165, 1.54) is 0 Å². The normalized spacial score (nSPS) is 20.2. The van der Waals surface area contributed by atoms with Crippen molar-refractivity contribution >= 4 is 5.91 Å². The van der Waals surface area contributed by atoms with Crippen molar-refractivity contribution in [2.24, 2.45) is 0 Å². The number of hydrogen-bond donors (Lipinski definition) is 0. The first kappa shape index (κ1) is 16.5. The van der Waals surface area contributed by atoms with Gasteiger partial charge in [-0.3, -0.25) is 4.79 Å². The number of amides is 1. The fraction of sp³-hybridized carbons (Fsp3) is 0.350. The summed E-state index contributed by atoms with van der Waals surface area (Å²) in [6.45, 7) is 2.54. The van der Waals surface area contributed by atoms with Gasteiger partial charge in [-0.15, -0.1) is 0 Å². The number of benzene rings is 2. The Bertz CT molecular complexity index is 686. The second-order valence-corrected chi connectivity index (χ2v) is 5.99. The standard InChI is InChI=1S/C20H23NO3/c1-15-21(14-19(24-15)16-8-4-3-5-9-16)20(22)13-12-17-10-6-7-11-18(17)23-2/h3-11,15,19H,12-14H2,1-2H3. The molecule has 126 valence electrons. The number of carbonyl (C=O) groups excluding carboxylic acids is 1. The van der Waals surface area contributed by atoms with E-state index in [-0.39, 0.29) is 18.2 Å². The Kier molecular flexibility index (Phi) is 5.16. The minimum absolute atomic E-state index is 0.0450. The molecule has 0 aliphatic carbocycles. The van der Waals surface area contributed by atoms with E-state index < -0.39 is 0 Å². The largest absolute Gasteiger partial charge is 0.496 e. The maximum absolute atomic E-state index is 12.6. The van der Waals surface area contributed by atoms with Gasteiger partial charge >= 0.3 is 0 Å². The Balaban J connectivity index is 1.61. The zero-order chi connectivity index (χ0) is 16.9. The van der Waals surface area contributed by atoms with E-state index >= 15 is 0 Å². The molecule has 1 amide bonds. The summed E-state index contributed by atoms with van der Waals surface area (Å²) in [5.41, 5.74) is 2.17. The van der Waals surface area contributed by atoms with Crippen LogP contribution in [0.5, 0.6) is 5.75 Å². The third kappa shape index (κ3) is 3.60. The van der Waals surface area contributed by atoms with Crippen molar-refractivity contribution in [2.45, 2.75) is 32.1 Å². The van der Waals surface area contributed by atoms with Crippen LogP contribution in [0.25, 0.3) is 0 Å². The first-order chi connectivity index (χ1) is 11.7. The summed E-state index contributed by atoms with van der Waals surface area (Å²) >= 11 is 0. The molecule has 0 bridgehead atoms. The smallest absolute Gasteiger partial charge is 0.225 e. The quantitative estimate of drug-likeness (QED) is 0.843. The third-order valence-corrected chi connectivity index (χ3v) is 4.46. The fourth-order valence-corrected chi connectivity index (χ4v) is 3.13. The summed E-state index contributed by atoms with van der Waals surface area (Å²) < 4.78 is 11.3. The number of rotatable bonds is 5. The lowest BCUT2D eigenvalue weighted by molar-refractivity contribution is -0.135. The minimum atomic E-state index is -0.194. The lowest BCUT2D eigenvalue weighted by Gasteiger charge is -2.19. The molecule has 0 spiro atoms. The van der Waals surface area contributed by atoms with Crippen molar-refractivity contribution in [1.82, 2.24) is 4.90 Å². The average Bonchev–Trinajstić information content (AvgIpc) is 3.02. The van der Waals surface area contributed by atoms with E-state index in [9.17, 15) is 4.79 Å². The van der Waals surface area contributed by atoms with E-state index in [1.807, 2.05) is 66.4 Å². The molecule has 2 unspecified atom stereocenters. The zero-order valence-electron chi connectivity index (χ0n) is 14.1. The molecule has 0 N–H and O–H groups in total. The Morgan fingerprint density at radius 2 is 1.88 bits per heavy atom. The monoisotopic (exact) mass is 325 g/mol. The topological polar surface area (TPSA) is 38.8 Å². The molecular weight excluding hydrogens is 302 g/mol. The molecule has 0 radical (unpaired) electrons. The molecule has 2 aromatic carbocycles. The van der Waals surface area contributed by atoms with Crippen molar-refractivity contribution in [1.29, 1.82) is 0 Å². The summed E-state index contributed by atoms with van der Waals surface area (Å²) in [5, 5.41) is 0. The van der Waals surface area contributed by atoms with Gasteiger partial charge in [0.1, 0.15) is 18.1 Å². The van der Waals surface area contributed by atoms with Gasteiger partial charge < -0.3 is 14.4 Å². The Hall–Kier alpha value is -2.33. The van der Waals surface area contributed by atoms with E-state index in [0.29, 0.717) is 19.4 Å². The summed E-state index contributed by atoms with van der Waals surface area (Å²) in [6, 6.07) is 17.9. The van der Waals surface area contributed by atoms with E-state index in [0.717, 1.165) is 16.9 Å². The van der Waals surface area contributed by atoms with E-state index in [2.05, 4.69) is 0 Å². The van der Waals surface area contributed by atoms with E-state index in [4.69, 9.17) is 9.47 Å². The Labute approximate surface area is 143 Å². The highest BCUT2D eigenvalue weighted by Crippen LogP contribution is 2.29. The molecule has 4 heteroatoms. The van der Waals surface area contributed by atoms with Gasteiger partial charge in [-0.2, -0.15) is 0 Å². The van der Waals surface area contributed by atoms with Crippen LogP contribution in [0.2, 0.25) is 0 Å². The van der Waals surface area contributed by atoms with Crippen LogP contribution >= 0.6 is 0 Å². The van der Waals surface area contributed by atoms with Gasteiger partial charge in [-0.05, 0) is 30.5 Å². The van der Waals surface area contributed by atoms with Gasteiger partial charge in [0.05, 0.1) is 13.7 Å². The zero-order valence-corrected chi connectivity index (χ0v) is 14.1. The van der Waals surface area contributed by atoms with Crippen LogP contribution in [0.1, 0.15) is 30.6 Å². The second-order valence-electron chi connectivity index (χ2n) is 5.99. The van der Waals surface area contributed by atoms with Crippen LogP contribution in [-0.2, 0) is 16.0 Å². The Morgan fingerprint density at radius 3 is 2.62 bits per heavy atom. The number of hydrogen-bond acceptors (Lipinski definition) is 3. The van der Waals surface area contributed by atoms with Gasteiger partial charge in [0.25, 0.3) is 0 Å². The first-order valence-corrected chi connectivity index (χ1v) is 8.31. The van der Waals surface area contributed by atoms with Gasteiger partial charge in [-0.1, -0.05) is 48.5 Å². The SMILES string of the molecule is COc1ccccc1CCC(=O)N1CC(c2ccccc2)OC1C. The van der Waals surface area contributed by atoms with Gasteiger partial charge in [-0.25, -0.2) is 0 Å². The maximum atomic E-state index is 12.6. The van der Waals surface area contributed by atoms with Crippen molar-refractivity contribution in [2.75, 3.05) is 13.7 Å². The molecule has 24 heavy (non-hydrogen) atoms. The van der Waals surface area contributed by atoms with Crippen molar-refractivity contribution in [3.63, 3.8) is 0 Å². The van der Waals surface area contributed by atoms with Crippen LogP contribution in [0, 0.1) is 0 Å². The molecular formula is C20H23NO3. The summed E-state index contributed by atoms with van der Waals surface area (Å²) in [4.78, 5) is 14.4. The predicted molar refractivity (Wildman–Crippen MR) is 92.8 cm³/mol. The number of methoxy groups -OCH3 is 1. The van der Waals surface area contributed by atoms with Crippen LogP contribution < -0.4 is 4.74 Å². The van der Waals surface area contributed by atoms with Crippen LogP contribution in [-0.4, -0.2) is 30.7 Å². The van der Waals surface area contributed by atoms with Crippen LogP contribution in [0.3, 0.4) is 0 Å². The average molecular weight is 325 g/mol. The summed E-state index contributed by atoms with van der Waals surface area (Å²) in [6.07, 6.45) is 0.884. The summed E-state index contributed by atoms with van der Waals surface area (Å²) in [7, 11) is 1.65. The van der Waals surface area contributed by atoms with Gasteiger partial charge in [0.2, 0.25) is 5.91 Å². The van der Waals surface area contributed by atoms with Crippen molar-refractivity contribution < 1.29 is 14.3 Å². The van der Waals surface area contributed by atoms with Crippen molar-refractivity contribution in [3.8, 4) is 5.75 Å². The molecule has 0 aromatic heterocycles. The fourth-order valence-electron chi connectivity index (χ4n) is 3.13. The van der Waals surface area contributed by atoms with Crippen LogP contribution in [0.4, 0.5) is 0 Å². The molecule has 3 rings (SSSR count).